The molecule has 1 rings (SSSR count). The molecule has 0 N–H and O–H groups in total. The first-order valence-corrected chi connectivity index (χ1v) is 8.83. The van der Waals surface area contributed by atoms with E-state index in [-0.39, 0.29) is 24.5 Å². The number of thioether (sulfide) groups is 1. The van der Waals surface area contributed by atoms with E-state index in [2.05, 4.69) is 0 Å². The molecule has 0 saturated carbocycles. The second kappa shape index (κ2) is 11.5. The Labute approximate surface area is 156 Å². The van der Waals surface area contributed by atoms with Crippen LogP contribution in [0.1, 0.15) is 19.4 Å². The summed E-state index contributed by atoms with van der Waals surface area (Å²) in [6, 6.07) is 12.7. The van der Waals surface area contributed by atoms with Gasteiger partial charge in [-0.2, -0.15) is 10.5 Å². The number of ether oxygens (including phenoxy) is 2. The van der Waals surface area contributed by atoms with Gasteiger partial charge >= 0.3 is 5.97 Å². The number of esters is 1. The van der Waals surface area contributed by atoms with Gasteiger partial charge in [-0.3, -0.25) is 4.79 Å². The van der Waals surface area contributed by atoms with Crippen LogP contribution in [0.25, 0.3) is 0 Å². The first kappa shape index (κ1) is 21.0. The molecule has 0 atom stereocenters. The number of carbonyl (C=O) groups is 2. The minimum Gasteiger partial charge on any atom is -0.491 e. The van der Waals surface area contributed by atoms with Gasteiger partial charge in [0.05, 0.1) is 13.2 Å². The van der Waals surface area contributed by atoms with Gasteiger partial charge in [-0.05, 0) is 19.4 Å². The molecule has 0 aliphatic rings. The molecule has 1 aromatic carbocycles. The van der Waals surface area contributed by atoms with E-state index in [0.29, 0.717) is 5.75 Å². The third-order valence-corrected chi connectivity index (χ3v) is 3.85. The molecular weight excluding hydrogens is 352 g/mol. The lowest BCUT2D eigenvalue weighted by Gasteiger charge is -2.12. The standard InChI is InChI=1S/C19H18N2O4S/c1-3-24-18(15(11-20)12-21)16(19(23)25-4-2)10-17(22)26-13-14-8-6-5-7-9-14/h5-10H,3-4,13H2,1-2H3/b16-10+. The summed E-state index contributed by atoms with van der Waals surface area (Å²) in [7, 11) is 0. The second-order valence-electron chi connectivity index (χ2n) is 4.73. The maximum atomic E-state index is 12.3. The molecule has 0 saturated heterocycles. The van der Waals surface area contributed by atoms with Crippen molar-refractivity contribution in [1.29, 1.82) is 10.5 Å². The Morgan fingerprint density at radius 2 is 1.69 bits per heavy atom. The van der Waals surface area contributed by atoms with Crippen molar-refractivity contribution < 1.29 is 19.1 Å². The van der Waals surface area contributed by atoms with Crippen LogP contribution in [0.15, 0.2) is 53.3 Å². The Hall–Kier alpha value is -3.03. The van der Waals surface area contributed by atoms with Crippen molar-refractivity contribution in [2.75, 3.05) is 13.2 Å². The molecule has 0 aliphatic carbocycles. The zero-order valence-corrected chi connectivity index (χ0v) is 15.3. The number of allylic oxidation sites excluding steroid dienone is 1. The van der Waals surface area contributed by atoms with E-state index < -0.39 is 16.7 Å². The largest absolute Gasteiger partial charge is 0.491 e. The van der Waals surface area contributed by atoms with E-state index >= 15 is 0 Å². The molecule has 0 amide bonds. The average molecular weight is 370 g/mol. The first-order valence-electron chi connectivity index (χ1n) is 7.84. The summed E-state index contributed by atoms with van der Waals surface area (Å²) in [6.45, 7) is 3.45. The highest BCUT2D eigenvalue weighted by molar-refractivity contribution is 8.13. The van der Waals surface area contributed by atoms with Crippen LogP contribution in [0, 0.1) is 22.7 Å². The number of hydrogen-bond donors (Lipinski definition) is 0. The molecule has 7 heteroatoms. The lowest BCUT2D eigenvalue weighted by atomic mass is 10.1. The van der Waals surface area contributed by atoms with Gasteiger partial charge in [-0.15, -0.1) is 0 Å². The fourth-order valence-corrected chi connectivity index (χ4v) is 2.57. The minimum atomic E-state index is -0.826. The van der Waals surface area contributed by atoms with E-state index in [1.54, 1.807) is 26.0 Å². The van der Waals surface area contributed by atoms with E-state index in [1.807, 2.05) is 30.3 Å². The average Bonchev–Trinajstić information content (AvgIpc) is 2.66. The normalized spacial score (nSPS) is 10.2. The second-order valence-corrected chi connectivity index (χ2v) is 5.71. The van der Waals surface area contributed by atoms with Crippen LogP contribution in [-0.4, -0.2) is 24.3 Å². The highest BCUT2D eigenvalue weighted by Gasteiger charge is 2.23. The lowest BCUT2D eigenvalue weighted by Crippen LogP contribution is -2.14. The van der Waals surface area contributed by atoms with Crippen LogP contribution in [0.5, 0.6) is 0 Å². The van der Waals surface area contributed by atoms with Crippen LogP contribution in [0.4, 0.5) is 0 Å². The molecule has 0 aromatic heterocycles. The summed E-state index contributed by atoms with van der Waals surface area (Å²) in [5, 5.41) is 17.8. The predicted molar refractivity (Wildman–Crippen MR) is 97.3 cm³/mol. The third kappa shape index (κ3) is 6.46. The molecule has 134 valence electrons. The molecule has 0 fully saturated rings. The van der Waals surface area contributed by atoms with Crippen molar-refractivity contribution in [3.05, 3.63) is 58.9 Å². The van der Waals surface area contributed by atoms with Crippen molar-refractivity contribution in [2.45, 2.75) is 19.6 Å². The summed E-state index contributed by atoms with van der Waals surface area (Å²) >= 11 is 0.989. The quantitative estimate of drug-likeness (QED) is 0.228. The maximum absolute atomic E-state index is 12.3. The molecule has 0 unspecified atom stereocenters. The van der Waals surface area contributed by atoms with Crippen molar-refractivity contribution >= 4 is 22.8 Å². The Balaban J connectivity index is 3.15. The molecule has 26 heavy (non-hydrogen) atoms. The zero-order chi connectivity index (χ0) is 19.4. The van der Waals surface area contributed by atoms with E-state index in [9.17, 15) is 9.59 Å². The van der Waals surface area contributed by atoms with Gasteiger partial charge in [0.1, 0.15) is 17.7 Å². The van der Waals surface area contributed by atoms with Crippen LogP contribution in [0.2, 0.25) is 0 Å². The van der Waals surface area contributed by atoms with Gasteiger partial charge in [-0.1, -0.05) is 42.1 Å². The highest BCUT2D eigenvalue weighted by Crippen LogP contribution is 2.21. The molecule has 0 radical (unpaired) electrons. The van der Waals surface area contributed by atoms with E-state index in [0.717, 1.165) is 23.4 Å². The molecule has 1 aromatic rings. The number of benzene rings is 1. The maximum Gasteiger partial charge on any atom is 0.342 e. The fourth-order valence-electron chi connectivity index (χ4n) is 1.87. The monoisotopic (exact) mass is 370 g/mol. The van der Waals surface area contributed by atoms with Crippen molar-refractivity contribution in [3.63, 3.8) is 0 Å². The Bertz CT molecular complexity index is 770. The summed E-state index contributed by atoms with van der Waals surface area (Å²) in [5.41, 5.74) is 0.316. The van der Waals surface area contributed by atoms with Crippen LogP contribution in [-0.2, 0) is 24.8 Å². The summed E-state index contributed by atoms with van der Waals surface area (Å²) < 4.78 is 10.2. The predicted octanol–water partition coefficient (Wildman–Crippen LogP) is 3.27. The van der Waals surface area contributed by atoms with Crippen molar-refractivity contribution in [1.82, 2.24) is 0 Å². The molecule has 6 nitrogen and oxygen atoms in total. The lowest BCUT2D eigenvalue weighted by molar-refractivity contribution is -0.138. The van der Waals surface area contributed by atoms with Gasteiger partial charge < -0.3 is 9.47 Å². The van der Waals surface area contributed by atoms with Gasteiger partial charge in [0.25, 0.3) is 0 Å². The van der Waals surface area contributed by atoms with E-state index in [1.165, 1.54) is 0 Å². The number of nitrogens with zero attached hydrogens (tertiary/aromatic N) is 2. The van der Waals surface area contributed by atoms with Gasteiger partial charge in [0.2, 0.25) is 5.12 Å². The number of rotatable bonds is 8. The fraction of sp³-hybridized carbons (Fsp3) is 0.263. The molecule has 0 heterocycles. The molecular formula is C19H18N2O4S. The zero-order valence-electron chi connectivity index (χ0n) is 14.5. The SMILES string of the molecule is CCOC(=O)/C(=C/C(=O)SCc1ccccc1)C(OCC)=C(C#N)C#N. The van der Waals surface area contributed by atoms with Crippen molar-refractivity contribution in [3.8, 4) is 12.1 Å². The third-order valence-electron chi connectivity index (χ3n) is 2.97. The molecule has 0 bridgehead atoms. The van der Waals surface area contributed by atoms with Gasteiger partial charge in [-0.25, -0.2) is 4.79 Å². The van der Waals surface area contributed by atoms with Gasteiger partial charge in [0, 0.05) is 11.8 Å². The molecule has 0 aliphatic heterocycles. The van der Waals surface area contributed by atoms with Crippen LogP contribution >= 0.6 is 11.8 Å². The smallest absolute Gasteiger partial charge is 0.342 e. The Kier molecular flexibility index (Phi) is 9.30. The Morgan fingerprint density at radius 1 is 1.08 bits per heavy atom. The Morgan fingerprint density at radius 3 is 2.23 bits per heavy atom. The van der Waals surface area contributed by atoms with E-state index in [4.69, 9.17) is 20.0 Å². The summed E-state index contributed by atoms with van der Waals surface area (Å²) in [4.78, 5) is 24.5. The summed E-state index contributed by atoms with van der Waals surface area (Å²) in [5.74, 6) is -0.652. The number of nitriles is 2. The highest BCUT2D eigenvalue weighted by atomic mass is 32.2. The topological polar surface area (TPSA) is 100 Å². The van der Waals surface area contributed by atoms with Crippen LogP contribution in [0.3, 0.4) is 0 Å². The molecule has 0 spiro atoms. The van der Waals surface area contributed by atoms with Crippen molar-refractivity contribution in [2.24, 2.45) is 0 Å². The number of carbonyl (C=O) groups excluding carboxylic acids is 2. The summed E-state index contributed by atoms with van der Waals surface area (Å²) in [6.07, 6.45) is 1.05. The first-order chi connectivity index (χ1) is 12.6. The number of hydrogen-bond acceptors (Lipinski definition) is 7. The van der Waals surface area contributed by atoms with Crippen LogP contribution < -0.4 is 0 Å². The van der Waals surface area contributed by atoms with Gasteiger partial charge in [0.15, 0.2) is 11.3 Å². The minimum absolute atomic E-state index is 0.0787.